The van der Waals surface area contributed by atoms with Gasteiger partial charge in [-0.1, -0.05) is 6.07 Å². The molecule has 0 unspecified atom stereocenters. The summed E-state index contributed by atoms with van der Waals surface area (Å²) in [5.74, 6) is -0.302. The van der Waals surface area contributed by atoms with E-state index < -0.39 is 5.97 Å². The van der Waals surface area contributed by atoms with E-state index in [4.69, 9.17) is 5.11 Å². The second kappa shape index (κ2) is 6.56. The molecular formula is C15H20N2O4. The number of hydrogen-bond donors (Lipinski definition) is 1. The predicted molar refractivity (Wildman–Crippen MR) is 79.6 cm³/mol. The maximum Gasteiger partial charge on any atom is 0.303 e. The smallest absolute Gasteiger partial charge is 0.303 e. The monoisotopic (exact) mass is 292 g/mol. The van der Waals surface area contributed by atoms with E-state index in [1.54, 1.807) is 12.1 Å². The minimum Gasteiger partial charge on any atom is -0.481 e. The van der Waals surface area contributed by atoms with E-state index in [9.17, 15) is 14.9 Å². The summed E-state index contributed by atoms with van der Waals surface area (Å²) in [6, 6.07) is 4.94. The van der Waals surface area contributed by atoms with Gasteiger partial charge in [0.1, 0.15) is 0 Å². The predicted octanol–water partition coefficient (Wildman–Crippen LogP) is 2.98. The number of hydrogen-bond acceptors (Lipinski definition) is 4. The molecule has 1 N–H and O–H groups in total. The molecule has 1 fully saturated rings. The van der Waals surface area contributed by atoms with Crippen LogP contribution in [0.4, 0.5) is 11.4 Å². The molecule has 0 amide bonds. The molecule has 114 valence electrons. The van der Waals surface area contributed by atoms with Crippen LogP contribution in [0.5, 0.6) is 0 Å². The van der Waals surface area contributed by atoms with E-state index in [1.165, 1.54) is 6.07 Å². The minimum absolute atomic E-state index is 0.114. The molecule has 0 saturated carbocycles. The SMILES string of the molecule is Cc1ccc([N+](=O)[O-])cc1N1CCC(CCC(=O)O)CC1. The van der Waals surface area contributed by atoms with Gasteiger partial charge < -0.3 is 10.0 Å². The molecule has 0 bridgehead atoms. The van der Waals surface area contributed by atoms with Crippen molar-refractivity contribution in [1.29, 1.82) is 0 Å². The zero-order chi connectivity index (χ0) is 15.4. The summed E-state index contributed by atoms with van der Waals surface area (Å²) in [6.45, 7) is 3.61. The molecule has 6 nitrogen and oxygen atoms in total. The molecule has 1 aliphatic rings. The number of anilines is 1. The van der Waals surface area contributed by atoms with Crippen molar-refractivity contribution in [3.05, 3.63) is 33.9 Å². The summed E-state index contributed by atoms with van der Waals surface area (Å²) in [6.07, 6.45) is 2.82. The highest BCUT2D eigenvalue weighted by atomic mass is 16.6. The molecule has 1 aromatic carbocycles. The molecule has 1 aromatic rings. The lowest BCUT2D eigenvalue weighted by molar-refractivity contribution is -0.384. The second-order valence-electron chi connectivity index (χ2n) is 5.59. The Hall–Kier alpha value is -2.11. The van der Waals surface area contributed by atoms with Gasteiger partial charge >= 0.3 is 5.97 Å². The Balaban J connectivity index is 2.00. The Kier molecular flexibility index (Phi) is 4.77. The van der Waals surface area contributed by atoms with E-state index in [0.717, 1.165) is 43.6 Å². The first-order valence-electron chi connectivity index (χ1n) is 7.19. The van der Waals surface area contributed by atoms with Crippen LogP contribution in [-0.2, 0) is 4.79 Å². The number of aryl methyl sites for hydroxylation is 1. The largest absolute Gasteiger partial charge is 0.481 e. The van der Waals surface area contributed by atoms with E-state index in [0.29, 0.717) is 5.92 Å². The number of piperidine rings is 1. The van der Waals surface area contributed by atoms with Crippen molar-refractivity contribution in [2.45, 2.75) is 32.6 Å². The standard InChI is InChI=1S/C15H20N2O4/c1-11-2-4-13(17(20)21)10-14(11)16-8-6-12(7-9-16)3-5-15(18)19/h2,4,10,12H,3,5-9H2,1H3,(H,18,19). The number of rotatable bonds is 5. The highest BCUT2D eigenvalue weighted by Crippen LogP contribution is 2.30. The molecule has 0 spiro atoms. The molecule has 1 saturated heterocycles. The van der Waals surface area contributed by atoms with Gasteiger partial charge in [0.2, 0.25) is 0 Å². The van der Waals surface area contributed by atoms with Gasteiger partial charge in [-0.15, -0.1) is 0 Å². The molecule has 0 aromatic heterocycles. The van der Waals surface area contributed by atoms with Crippen LogP contribution in [-0.4, -0.2) is 29.1 Å². The summed E-state index contributed by atoms with van der Waals surface area (Å²) in [5, 5.41) is 19.6. The summed E-state index contributed by atoms with van der Waals surface area (Å²) < 4.78 is 0. The Morgan fingerprint density at radius 2 is 2.10 bits per heavy atom. The fraction of sp³-hybridized carbons (Fsp3) is 0.533. The zero-order valence-electron chi connectivity index (χ0n) is 12.1. The number of nitro benzene ring substituents is 1. The van der Waals surface area contributed by atoms with E-state index in [2.05, 4.69) is 4.90 Å². The number of non-ortho nitro benzene ring substituents is 1. The summed E-state index contributed by atoms with van der Waals surface area (Å²) in [4.78, 5) is 23.3. The van der Waals surface area contributed by atoms with Gasteiger partial charge in [0.25, 0.3) is 5.69 Å². The van der Waals surface area contributed by atoms with Crippen molar-refractivity contribution in [2.24, 2.45) is 5.92 Å². The van der Waals surface area contributed by atoms with Crippen molar-refractivity contribution < 1.29 is 14.8 Å². The van der Waals surface area contributed by atoms with Gasteiger partial charge in [0.05, 0.1) is 4.92 Å². The number of nitrogens with zero attached hydrogens (tertiary/aromatic N) is 2. The van der Waals surface area contributed by atoms with Crippen LogP contribution in [0, 0.1) is 23.0 Å². The van der Waals surface area contributed by atoms with E-state index in [-0.39, 0.29) is 17.0 Å². The van der Waals surface area contributed by atoms with Crippen LogP contribution >= 0.6 is 0 Å². The summed E-state index contributed by atoms with van der Waals surface area (Å²) >= 11 is 0. The van der Waals surface area contributed by atoms with Crippen LogP contribution in [0.2, 0.25) is 0 Å². The Bertz CT molecular complexity index is 536. The van der Waals surface area contributed by atoms with Gasteiger partial charge in [-0.3, -0.25) is 14.9 Å². The average Bonchev–Trinajstić information content (AvgIpc) is 2.46. The van der Waals surface area contributed by atoms with Gasteiger partial charge in [-0.05, 0) is 37.7 Å². The molecule has 1 aliphatic heterocycles. The third-order valence-corrected chi connectivity index (χ3v) is 4.13. The first-order valence-corrected chi connectivity index (χ1v) is 7.19. The molecule has 21 heavy (non-hydrogen) atoms. The second-order valence-corrected chi connectivity index (χ2v) is 5.59. The number of benzene rings is 1. The molecule has 6 heteroatoms. The summed E-state index contributed by atoms with van der Waals surface area (Å²) in [5.41, 5.74) is 2.06. The fourth-order valence-corrected chi connectivity index (χ4v) is 2.84. The van der Waals surface area contributed by atoms with Gasteiger partial charge in [-0.25, -0.2) is 0 Å². The van der Waals surface area contributed by atoms with Gasteiger partial charge in [0.15, 0.2) is 0 Å². The third kappa shape index (κ3) is 3.93. The average molecular weight is 292 g/mol. The lowest BCUT2D eigenvalue weighted by atomic mass is 9.91. The number of carboxylic acids is 1. The molecule has 0 radical (unpaired) electrons. The van der Waals surface area contributed by atoms with Crippen molar-refractivity contribution >= 4 is 17.3 Å². The Morgan fingerprint density at radius 1 is 1.43 bits per heavy atom. The molecule has 1 heterocycles. The lowest BCUT2D eigenvalue weighted by Crippen LogP contribution is -2.34. The fourth-order valence-electron chi connectivity index (χ4n) is 2.84. The van der Waals surface area contributed by atoms with E-state index in [1.807, 2.05) is 6.92 Å². The van der Waals surface area contributed by atoms with E-state index >= 15 is 0 Å². The topological polar surface area (TPSA) is 83.7 Å². The molecule has 0 aliphatic carbocycles. The van der Waals surface area contributed by atoms with Crippen molar-refractivity contribution in [3.63, 3.8) is 0 Å². The number of nitro groups is 1. The van der Waals surface area contributed by atoms with Crippen LogP contribution in [0.15, 0.2) is 18.2 Å². The normalized spacial score (nSPS) is 16.0. The molecule has 2 rings (SSSR count). The first-order chi connectivity index (χ1) is 9.97. The van der Waals surface area contributed by atoms with Gasteiger partial charge in [-0.2, -0.15) is 0 Å². The Morgan fingerprint density at radius 3 is 2.67 bits per heavy atom. The van der Waals surface area contributed by atoms with Crippen LogP contribution in [0.25, 0.3) is 0 Å². The van der Waals surface area contributed by atoms with Crippen LogP contribution in [0.3, 0.4) is 0 Å². The number of carbonyl (C=O) groups is 1. The minimum atomic E-state index is -0.744. The number of carboxylic acid groups (broad SMARTS) is 1. The molecular weight excluding hydrogens is 272 g/mol. The van der Waals surface area contributed by atoms with Gasteiger partial charge in [0, 0.05) is 37.3 Å². The van der Waals surface area contributed by atoms with Crippen LogP contribution in [0.1, 0.15) is 31.2 Å². The van der Waals surface area contributed by atoms with Crippen molar-refractivity contribution in [1.82, 2.24) is 0 Å². The first kappa shape index (κ1) is 15.3. The highest BCUT2D eigenvalue weighted by molar-refractivity contribution is 5.66. The lowest BCUT2D eigenvalue weighted by Gasteiger charge is -2.34. The number of aliphatic carboxylic acids is 1. The van der Waals surface area contributed by atoms with Crippen LogP contribution < -0.4 is 4.90 Å². The third-order valence-electron chi connectivity index (χ3n) is 4.13. The Labute approximate surface area is 123 Å². The quantitative estimate of drug-likeness (QED) is 0.666. The molecule has 0 atom stereocenters. The highest BCUT2D eigenvalue weighted by Gasteiger charge is 2.22. The van der Waals surface area contributed by atoms with Crippen molar-refractivity contribution in [3.8, 4) is 0 Å². The summed E-state index contributed by atoms with van der Waals surface area (Å²) in [7, 11) is 0. The van der Waals surface area contributed by atoms with Crippen molar-refractivity contribution in [2.75, 3.05) is 18.0 Å². The maximum absolute atomic E-state index is 10.9. The maximum atomic E-state index is 10.9. The zero-order valence-corrected chi connectivity index (χ0v) is 12.1.